The van der Waals surface area contributed by atoms with Gasteiger partial charge in [0.15, 0.2) is 11.8 Å². The van der Waals surface area contributed by atoms with Crippen molar-refractivity contribution in [2.24, 2.45) is 22.7 Å². The van der Waals surface area contributed by atoms with Gasteiger partial charge in [0.25, 0.3) is 0 Å². The maximum atomic E-state index is 15.1. The Balaban J connectivity index is 1.14. The molecule has 0 aromatic heterocycles. The minimum Gasteiger partial charge on any atom is -0.458 e. The number of nitrogens with zero attached hydrogens (tertiary/aromatic N) is 1. The van der Waals surface area contributed by atoms with E-state index in [4.69, 9.17) is 23.8 Å². The lowest BCUT2D eigenvalue weighted by molar-refractivity contribution is -0.224. The minimum absolute atomic E-state index is 0.0144. The summed E-state index contributed by atoms with van der Waals surface area (Å²) in [5.74, 6) is -1.69. The standard InChI is InChI=1S/C48H71N3O10/c1-7-9-13-20-47(21-14-10-8-2)59-38-35-27-48(44(56)50-37(29(3)53)42(54)49-23-24-52)40(43(55)57-35)51(61-41(48)39(38)60-47)28-32-16-12-11-15-30(32)25-31-17-18-36-46(6,58-36)22-19-34-33(31)26-45(34,4)5/h11-12,15-16,25,29,33-41,52-53H,7-10,13-14,17-24,26-28H2,1-6H3,(H,49,54)(H,50,56)/t29-,33+,34+,35+,36?,37+,38-,39-,40-,41+,46+,48-/m0/s1. The third-order valence-corrected chi connectivity index (χ3v) is 15.6. The molecule has 338 valence electrons. The normalized spacial score (nSPS) is 37.1. The van der Waals surface area contributed by atoms with E-state index < -0.39 is 71.6 Å². The zero-order valence-corrected chi connectivity index (χ0v) is 37.3. The monoisotopic (exact) mass is 850 g/mol. The maximum absolute atomic E-state index is 15.1. The Hall–Kier alpha value is -2.91. The number of hydroxylamine groups is 2. The highest BCUT2D eigenvalue weighted by Crippen LogP contribution is 2.61. The van der Waals surface area contributed by atoms with E-state index in [2.05, 4.69) is 63.5 Å². The third kappa shape index (κ3) is 8.35. The number of benzene rings is 1. The van der Waals surface area contributed by atoms with Crippen LogP contribution >= 0.6 is 0 Å². The van der Waals surface area contributed by atoms with Crippen LogP contribution in [0.5, 0.6) is 0 Å². The van der Waals surface area contributed by atoms with Crippen LogP contribution in [-0.2, 0) is 44.7 Å². The van der Waals surface area contributed by atoms with Gasteiger partial charge in [0.05, 0.1) is 31.0 Å². The number of aliphatic hydroxyl groups is 2. The smallest absolute Gasteiger partial charge is 0.327 e. The first kappa shape index (κ1) is 44.7. The average molecular weight is 850 g/mol. The second-order valence-corrected chi connectivity index (χ2v) is 20.2. The molecular formula is C48H71N3O10. The largest absolute Gasteiger partial charge is 0.458 e. The van der Waals surface area contributed by atoms with Crippen LogP contribution in [0.25, 0.3) is 6.08 Å². The molecule has 2 amide bonds. The van der Waals surface area contributed by atoms with Crippen molar-refractivity contribution in [3.63, 3.8) is 0 Å². The molecule has 13 nitrogen and oxygen atoms in total. The van der Waals surface area contributed by atoms with E-state index in [9.17, 15) is 19.8 Å². The Morgan fingerprint density at radius 1 is 0.984 bits per heavy atom. The molecular weight excluding hydrogens is 779 g/mol. The van der Waals surface area contributed by atoms with Crippen LogP contribution in [0.3, 0.4) is 0 Å². The van der Waals surface area contributed by atoms with Gasteiger partial charge in [-0.2, -0.15) is 5.06 Å². The minimum atomic E-state index is -1.54. The Labute approximate surface area is 361 Å². The number of hydrogen-bond donors (Lipinski definition) is 4. The molecule has 12 atom stereocenters. The second-order valence-electron chi connectivity index (χ2n) is 20.2. The van der Waals surface area contributed by atoms with Crippen LogP contribution in [0.1, 0.15) is 143 Å². The van der Waals surface area contributed by atoms with Crippen molar-refractivity contribution in [3.05, 3.63) is 41.0 Å². The van der Waals surface area contributed by atoms with Crippen LogP contribution in [0.4, 0.5) is 0 Å². The Morgan fingerprint density at radius 3 is 2.39 bits per heavy atom. The van der Waals surface area contributed by atoms with E-state index in [-0.39, 0.29) is 43.2 Å². The Bertz CT molecular complexity index is 1810. The summed E-state index contributed by atoms with van der Waals surface area (Å²) in [5, 5.41) is 27.2. The van der Waals surface area contributed by atoms with Crippen LogP contribution in [-0.4, -0.2) is 106 Å². The molecule has 0 spiro atoms. The molecule has 4 saturated heterocycles. The van der Waals surface area contributed by atoms with E-state index in [0.717, 1.165) is 81.8 Å². The molecule has 1 aromatic rings. The molecule has 1 unspecified atom stereocenters. The number of epoxide rings is 1. The molecule has 2 bridgehead atoms. The summed E-state index contributed by atoms with van der Waals surface area (Å²) in [7, 11) is 0. The van der Waals surface area contributed by atoms with Gasteiger partial charge in [-0.3, -0.25) is 19.2 Å². The molecule has 3 saturated carbocycles. The molecule has 1 aromatic carbocycles. The summed E-state index contributed by atoms with van der Waals surface area (Å²) in [6.07, 6.45) is 10.9. The van der Waals surface area contributed by atoms with Crippen molar-refractivity contribution in [1.82, 2.24) is 15.7 Å². The number of nitrogens with one attached hydrogen (secondary N) is 2. The molecule has 4 heterocycles. The predicted octanol–water partition coefficient (Wildman–Crippen LogP) is 5.88. The van der Waals surface area contributed by atoms with E-state index >= 15 is 4.79 Å². The quantitative estimate of drug-likeness (QED) is 0.0840. The van der Waals surface area contributed by atoms with Gasteiger partial charge in [-0.1, -0.05) is 89.3 Å². The van der Waals surface area contributed by atoms with Crippen LogP contribution in [0, 0.1) is 22.7 Å². The molecule has 61 heavy (non-hydrogen) atoms. The molecule has 4 N–H and O–H groups in total. The van der Waals surface area contributed by atoms with Crippen LogP contribution < -0.4 is 10.6 Å². The predicted molar refractivity (Wildman–Crippen MR) is 227 cm³/mol. The number of esters is 1. The van der Waals surface area contributed by atoms with Crippen LogP contribution in [0.2, 0.25) is 0 Å². The van der Waals surface area contributed by atoms with Crippen molar-refractivity contribution in [1.29, 1.82) is 0 Å². The topological polar surface area (TPSA) is 168 Å². The lowest BCUT2D eigenvalue weighted by Crippen LogP contribution is -2.71. The molecule has 8 rings (SSSR count). The molecule has 7 aliphatic rings. The van der Waals surface area contributed by atoms with E-state index in [1.807, 2.05) is 12.1 Å². The molecule has 7 fully saturated rings. The molecule has 3 aliphatic carbocycles. The summed E-state index contributed by atoms with van der Waals surface area (Å²) >= 11 is 0. The fraction of sp³-hybridized carbons (Fsp3) is 0.771. The summed E-state index contributed by atoms with van der Waals surface area (Å²) in [6, 6.07) is 5.68. The number of allylic oxidation sites excluding steroid dienone is 1. The van der Waals surface area contributed by atoms with E-state index in [0.29, 0.717) is 24.7 Å². The van der Waals surface area contributed by atoms with Gasteiger partial charge in [-0.25, -0.2) is 0 Å². The number of amides is 2. The Morgan fingerprint density at radius 2 is 1.70 bits per heavy atom. The molecule has 0 radical (unpaired) electrons. The molecule has 4 aliphatic heterocycles. The zero-order valence-electron chi connectivity index (χ0n) is 37.3. The first-order valence-corrected chi connectivity index (χ1v) is 23.5. The number of rotatable bonds is 17. The molecule has 13 heteroatoms. The fourth-order valence-corrected chi connectivity index (χ4v) is 12.1. The number of carbonyl (C=O) groups excluding carboxylic acids is 3. The third-order valence-electron chi connectivity index (χ3n) is 15.6. The summed E-state index contributed by atoms with van der Waals surface area (Å²) in [5.41, 5.74) is 2.14. The summed E-state index contributed by atoms with van der Waals surface area (Å²) in [6.45, 7) is 12.6. The fourth-order valence-electron chi connectivity index (χ4n) is 12.1. The van der Waals surface area contributed by atoms with Gasteiger partial charge in [0, 0.05) is 25.8 Å². The first-order chi connectivity index (χ1) is 29.2. The highest BCUT2D eigenvalue weighted by molar-refractivity contribution is 5.96. The number of aliphatic hydroxyl groups excluding tert-OH is 2. The number of hydrogen-bond acceptors (Lipinski definition) is 11. The highest BCUT2D eigenvalue weighted by Gasteiger charge is 2.76. The van der Waals surface area contributed by atoms with Gasteiger partial charge in [-0.05, 0) is 87.2 Å². The van der Waals surface area contributed by atoms with Crippen LogP contribution in [0.15, 0.2) is 29.8 Å². The van der Waals surface area contributed by atoms with Crippen molar-refractivity contribution >= 4 is 23.9 Å². The second kappa shape index (κ2) is 17.6. The summed E-state index contributed by atoms with van der Waals surface area (Å²) in [4.78, 5) is 49.9. The first-order valence-electron chi connectivity index (χ1n) is 23.5. The lowest BCUT2D eigenvalue weighted by Gasteiger charge is -2.53. The van der Waals surface area contributed by atoms with Gasteiger partial charge >= 0.3 is 5.97 Å². The van der Waals surface area contributed by atoms with Gasteiger partial charge in [-0.15, -0.1) is 0 Å². The highest BCUT2D eigenvalue weighted by atomic mass is 16.8. The lowest BCUT2D eigenvalue weighted by atomic mass is 9.52. The van der Waals surface area contributed by atoms with E-state index in [1.165, 1.54) is 12.5 Å². The maximum Gasteiger partial charge on any atom is 0.327 e. The average Bonchev–Trinajstić information content (AvgIpc) is 3.50. The van der Waals surface area contributed by atoms with Gasteiger partial charge in [0.2, 0.25) is 11.8 Å². The van der Waals surface area contributed by atoms with Gasteiger partial charge < -0.3 is 39.8 Å². The van der Waals surface area contributed by atoms with Crippen molar-refractivity contribution in [3.8, 4) is 0 Å². The number of fused-ring (bicyclic) bond motifs is 6. The summed E-state index contributed by atoms with van der Waals surface area (Å²) < 4.78 is 26.5. The number of unbranched alkanes of at least 4 members (excludes halogenated alkanes) is 4. The van der Waals surface area contributed by atoms with Crippen molar-refractivity contribution in [2.75, 3.05) is 13.2 Å². The van der Waals surface area contributed by atoms with Crippen molar-refractivity contribution < 1.29 is 48.4 Å². The van der Waals surface area contributed by atoms with Crippen molar-refractivity contribution in [2.45, 2.75) is 198 Å². The number of carbonyl (C=O) groups is 3. The SMILES string of the molecule is CCCCCC1(CCCCC)O[C@@H]2[C@H](O1)[C@H]1ON(Cc3ccccc3C=C3CCC4O[C@]4(C)CC[C@@H]4[C@@H]3CC4(C)C)[C@H]3C(=O)O[C@@H]2C[C@@]13C(=O)N[C@@H](C(=O)NCCO)[C@H](C)O. The van der Waals surface area contributed by atoms with Gasteiger partial charge in [0.1, 0.15) is 35.9 Å². The van der Waals surface area contributed by atoms with E-state index in [1.54, 1.807) is 5.06 Å². The zero-order chi connectivity index (χ0) is 43.3. The number of ether oxygens (including phenoxy) is 4. The Kier molecular flexibility index (Phi) is 12.9.